The summed E-state index contributed by atoms with van der Waals surface area (Å²) < 4.78 is 40.7. The highest BCUT2D eigenvalue weighted by Crippen LogP contribution is 2.35. The van der Waals surface area contributed by atoms with Gasteiger partial charge in [-0.2, -0.15) is 0 Å². The van der Waals surface area contributed by atoms with Crippen molar-refractivity contribution in [3.8, 4) is 0 Å². The molecule has 0 amide bonds. The van der Waals surface area contributed by atoms with Crippen molar-refractivity contribution in [1.82, 2.24) is 4.72 Å². The summed E-state index contributed by atoms with van der Waals surface area (Å²) in [6.07, 6.45) is 2.73. The first kappa shape index (κ1) is 15.9. The molecule has 0 heterocycles. The molecule has 21 heavy (non-hydrogen) atoms. The molecule has 0 saturated heterocycles. The second-order valence-electron chi connectivity index (χ2n) is 5.42. The number of nitrogens with one attached hydrogen (secondary N) is 1. The lowest BCUT2D eigenvalue weighted by molar-refractivity contribution is 0.0691. The number of halogens is 1. The number of hydrogen-bond acceptors (Lipinski definition) is 3. The smallest absolute Gasteiger partial charge is 0.338 e. The number of hydrogen-bond donors (Lipinski definition) is 2. The average molecular weight is 315 g/mol. The number of sulfonamides is 1. The minimum Gasteiger partial charge on any atom is -0.478 e. The molecule has 7 heteroatoms. The Kier molecular flexibility index (Phi) is 4.34. The molecular weight excluding hydrogens is 297 g/mol. The third kappa shape index (κ3) is 3.41. The standard InChI is InChI=1S/C14H18FNO4S/c1-3-4-9-6-12(9)16-21(19,20)10-5-8(2)13(15)11(7-10)14(17)18/h5,7,9,12,16H,3-4,6H2,1-2H3,(H,17,18). The van der Waals surface area contributed by atoms with E-state index in [1.807, 2.05) is 6.92 Å². The Morgan fingerprint density at radius 3 is 2.71 bits per heavy atom. The maximum Gasteiger partial charge on any atom is 0.338 e. The van der Waals surface area contributed by atoms with Crippen LogP contribution in [0.3, 0.4) is 0 Å². The molecule has 2 atom stereocenters. The highest BCUT2D eigenvalue weighted by molar-refractivity contribution is 7.89. The zero-order chi connectivity index (χ0) is 15.8. The van der Waals surface area contributed by atoms with E-state index in [-0.39, 0.29) is 16.5 Å². The van der Waals surface area contributed by atoms with Gasteiger partial charge >= 0.3 is 5.97 Å². The fourth-order valence-corrected chi connectivity index (χ4v) is 3.82. The first-order valence-corrected chi connectivity index (χ1v) is 8.30. The van der Waals surface area contributed by atoms with Gasteiger partial charge in [-0.25, -0.2) is 22.3 Å². The van der Waals surface area contributed by atoms with Crippen LogP contribution in [0.4, 0.5) is 4.39 Å². The molecule has 1 aliphatic rings. The van der Waals surface area contributed by atoms with E-state index in [9.17, 15) is 17.6 Å². The van der Waals surface area contributed by atoms with Crippen LogP contribution in [-0.2, 0) is 10.0 Å². The van der Waals surface area contributed by atoms with Gasteiger partial charge in [0.1, 0.15) is 5.82 Å². The lowest BCUT2D eigenvalue weighted by atomic mass is 10.1. The van der Waals surface area contributed by atoms with Gasteiger partial charge in [0.15, 0.2) is 0 Å². The number of carbonyl (C=O) groups is 1. The van der Waals surface area contributed by atoms with Crippen molar-refractivity contribution < 1.29 is 22.7 Å². The molecule has 116 valence electrons. The molecule has 0 aliphatic heterocycles. The minimum atomic E-state index is -3.82. The molecule has 1 fully saturated rings. The van der Waals surface area contributed by atoms with Gasteiger partial charge in [-0.15, -0.1) is 0 Å². The van der Waals surface area contributed by atoms with Gasteiger partial charge in [0.05, 0.1) is 10.5 Å². The molecule has 0 bridgehead atoms. The highest BCUT2D eigenvalue weighted by Gasteiger charge is 2.39. The fraction of sp³-hybridized carbons (Fsp3) is 0.500. The summed E-state index contributed by atoms with van der Waals surface area (Å²) in [6, 6.07) is 1.92. The van der Waals surface area contributed by atoms with E-state index in [1.165, 1.54) is 6.92 Å². The van der Waals surface area contributed by atoms with Gasteiger partial charge in [0.25, 0.3) is 0 Å². The third-order valence-electron chi connectivity index (χ3n) is 3.66. The molecule has 0 radical (unpaired) electrons. The number of carboxylic acid groups (broad SMARTS) is 1. The van der Waals surface area contributed by atoms with E-state index in [2.05, 4.69) is 4.72 Å². The van der Waals surface area contributed by atoms with Crippen molar-refractivity contribution in [1.29, 1.82) is 0 Å². The maximum absolute atomic E-state index is 13.7. The summed E-state index contributed by atoms with van der Waals surface area (Å²) in [5, 5.41) is 8.93. The minimum absolute atomic E-state index is 0.00354. The van der Waals surface area contributed by atoms with Crippen molar-refractivity contribution in [2.24, 2.45) is 5.92 Å². The van der Waals surface area contributed by atoms with Crippen LogP contribution in [0.1, 0.15) is 42.1 Å². The predicted molar refractivity (Wildman–Crippen MR) is 75.2 cm³/mol. The van der Waals surface area contributed by atoms with Crippen LogP contribution in [0.25, 0.3) is 0 Å². The van der Waals surface area contributed by atoms with Crippen molar-refractivity contribution in [2.75, 3.05) is 0 Å². The van der Waals surface area contributed by atoms with Crippen LogP contribution in [0.2, 0.25) is 0 Å². The summed E-state index contributed by atoms with van der Waals surface area (Å²) in [6.45, 7) is 3.38. The van der Waals surface area contributed by atoms with Crippen LogP contribution in [0, 0.1) is 18.7 Å². The summed E-state index contributed by atoms with van der Waals surface area (Å²) >= 11 is 0. The highest BCUT2D eigenvalue weighted by atomic mass is 32.2. The maximum atomic E-state index is 13.7. The van der Waals surface area contributed by atoms with Gasteiger partial charge < -0.3 is 5.11 Å². The van der Waals surface area contributed by atoms with Gasteiger partial charge in [-0.3, -0.25) is 0 Å². The number of carboxylic acids is 1. The quantitative estimate of drug-likeness (QED) is 0.843. The topological polar surface area (TPSA) is 83.5 Å². The van der Waals surface area contributed by atoms with E-state index in [4.69, 9.17) is 5.11 Å². The summed E-state index contributed by atoms with van der Waals surface area (Å²) in [4.78, 5) is 10.8. The fourth-order valence-electron chi connectivity index (χ4n) is 2.40. The second-order valence-corrected chi connectivity index (χ2v) is 7.13. The van der Waals surface area contributed by atoms with E-state index >= 15 is 0 Å². The second kappa shape index (κ2) is 5.73. The van der Waals surface area contributed by atoms with Gasteiger partial charge in [-0.1, -0.05) is 13.3 Å². The number of aromatic carboxylic acids is 1. The summed E-state index contributed by atoms with van der Waals surface area (Å²) in [5.41, 5.74) is -0.632. The van der Waals surface area contributed by atoms with Crippen LogP contribution in [0.5, 0.6) is 0 Å². The van der Waals surface area contributed by atoms with Gasteiger partial charge in [0, 0.05) is 6.04 Å². The Bertz CT molecular complexity index is 672. The van der Waals surface area contributed by atoms with Crippen LogP contribution < -0.4 is 4.72 Å². The number of rotatable bonds is 6. The van der Waals surface area contributed by atoms with Crippen molar-refractivity contribution in [3.05, 3.63) is 29.1 Å². The van der Waals surface area contributed by atoms with E-state index in [1.54, 1.807) is 0 Å². The van der Waals surface area contributed by atoms with Crippen LogP contribution in [-0.4, -0.2) is 25.5 Å². The zero-order valence-corrected chi connectivity index (χ0v) is 12.7. The molecule has 1 saturated carbocycles. The van der Waals surface area contributed by atoms with Crippen molar-refractivity contribution >= 4 is 16.0 Å². The van der Waals surface area contributed by atoms with Crippen molar-refractivity contribution in [2.45, 2.75) is 44.0 Å². The van der Waals surface area contributed by atoms with E-state index in [0.29, 0.717) is 5.92 Å². The monoisotopic (exact) mass is 315 g/mol. The molecular formula is C14H18FNO4S. The molecule has 0 spiro atoms. The molecule has 1 aromatic carbocycles. The van der Waals surface area contributed by atoms with Crippen LogP contribution >= 0.6 is 0 Å². The largest absolute Gasteiger partial charge is 0.478 e. The predicted octanol–water partition coefficient (Wildman–Crippen LogP) is 2.30. The SMILES string of the molecule is CCCC1CC1NS(=O)(=O)c1cc(C)c(F)c(C(=O)O)c1. The van der Waals surface area contributed by atoms with E-state index in [0.717, 1.165) is 31.4 Å². The summed E-state index contributed by atoms with van der Waals surface area (Å²) in [7, 11) is -3.82. The Labute approximate surface area is 123 Å². The number of benzene rings is 1. The lowest BCUT2D eigenvalue weighted by Gasteiger charge is -2.09. The van der Waals surface area contributed by atoms with Gasteiger partial charge in [0.2, 0.25) is 10.0 Å². The lowest BCUT2D eigenvalue weighted by Crippen LogP contribution is -2.27. The normalized spacial score (nSPS) is 21.3. The molecule has 5 nitrogen and oxygen atoms in total. The average Bonchev–Trinajstić information content (AvgIpc) is 3.09. The Hall–Kier alpha value is -1.47. The van der Waals surface area contributed by atoms with Gasteiger partial charge in [-0.05, 0) is 43.4 Å². The first-order chi connectivity index (χ1) is 9.76. The number of aryl methyl sites for hydroxylation is 1. The molecule has 0 aromatic heterocycles. The Morgan fingerprint density at radius 2 is 2.14 bits per heavy atom. The molecule has 2 rings (SSSR count). The Morgan fingerprint density at radius 1 is 1.48 bits per heavy atom. The molecule has 2 N–H and O–H groups in total. The summed E-state index contributed by atoms with van der Waals surface area (Å²) in [5.74, 6) is -2.05. The molecule has 1 aliphatic carbocycles. The third-order valence-corrected chi connectivity index (χ3v) is 5.13. The zero-order valence-electron chi connectivity index (χ0n) is 11.9. The van der Waals surface area contributed by atoms with Crippen LogP contribution in [0.15, 0.2) is 17.0 Å². The molecule has 2 unspecified atom stereocenters. The first-order valence-electron chi connectivity index (χ1n) is 6.82. The Balaban J connectivity index is 2.27. The van der Waals surface area contributed by atoms with E-state index < -0.39 is 27.4 Å². The van der Waals surface area contributed by atoms with Crippen molar-refractivity contribution in [3.63, 3.8) is 0 Å². The molecule has 1 aromatic rings.